The molecule has 2 aromatic heterocycles. The van der Waals surface area contributed by atoms with E-state index < -0.39 is 11.6 Å². The van der Waals surface area contributed by atoms with Gasteiger partial charge in [0.2, 0.25) is 0 Å². The summed E-state index contributed by atoms with van der Waals surface area (Å²) in [6, 6.07) is 12.8. The Labute approximate surface area is 179 Å². The van der Waals surface area contributed by atoms with E-state index in [0.717, 1.165) is 16.2 Å². The second-order valence-corrected chi connectivity index (χ2v) is 8.36. The monoisotopic (exact) mass is 439 g/mol. The van der Waals surface area contributed by atoms with E-state index in [1.54, 1.807) is 0 Å². The smallest absolute Gasteiger partial charge is 0.199 e. The van der Waals surface area contributed by atoms with Gasteiger partial charge < -0.3 is 4.57 Å². The van der Waals surface area contributed by atoms with Crippen molar-refractivity contribution in [3.63, 3.8) is 0 Å². The fourth-order valence-corrected chi connectivity index (χ4v) is 4.81. The summed E-state index contributed by atoms with van der Waals surface area (Å²) < 4.78 is 1.89. The Kier molecular flexibility index (Phi) is 4.17. The van der Waals surface area contributed by atoms with E-state index in [-0.39, 0.29) is 26.7 Å². The molecule has 2 aromatic carbocycles. The molecule has 5 nitrogen and oxygen atoms in total. The largest absolute Gasteiger partial charge is 0.311 e. The third kappa shape index (κ3) is 2.75. The normalized spacial score (nSPS) is 13.4. The highest BCUT2D eigenvalue weighted by Gasteiger charge is 2.37. The van der Waals surface area contributed by atoms with Gasteiger partial charge >= 0.3 is 0 Å². The molecule has 0 atom stereocenters. The van der Waals surface area contributed by atoms with Crippen LogP contribution in [0.4, 0.5) is 0 Å². The molecule has 4 aromatic rings. The average Bonchev–Trinajstić information content (AvgIpc) is 3.33. The molecule has 0 aliphatic heterocycles. The number of thiazole rings is 1. The van der Waals surface area contributed by atoms with Crippen LogP contribution in [-0.4, -0.2) is 26.1 Å². The van der Waals surface area contributed by atoms with Crippen LogP contribution >= 0.6 is 34.5 Å². The maximum atomic E-state index is 12.8. The lowest BCUT2D eigenvalue weighted by molar-refractivity contribution is 0.0990. The van der Waals surface area contributed by atoms with Gasteiger partial charge in [0.25, 0.3) is 0 Å². The molecule has 0 fully saturated rings. The Morgan fingerprint density at radius 1 is 0.931 bits per heavy atom. The zero-order valence-electron chi connectivity index (χ0n) is 14.9. The Balaban J connectivity index is 1.58. The number of allylic oxidation sites excluding steroid dienone is 1. The molecule has 0 saturated carbocycles. The molecule has 0 bridgehead atoms. The maximum absolute atomic E-state index is 12.8. The molecule has 2 heterocycles. The topological polar surface area (TPSA) is 64.8 Å². The number of Topliss-reactive ketones (excluding diaryl/α,β-unsaturated/α-hetero) is 2. The van der Waals surface area contributed by atoms with Crippen molar-refractivity contribution < 1.29 is 9.59 Å². The summed E-state index contributed by atoms with van der Waals surface area (Å²) in [5.41, 5.74) is 1.99. The lowest BCUT2D eigenvalue weighted by Gasteiger charge is -2.00. The van der Waals surface area contributed by atoms with Crippen LogP contribution in [0, 0.1) is 0 Å². The lowest BCUT2D eigenvalue weighted by Crippen LogP contribution is -2.00. The lowest BCUT2D eigenvalue weighted by atomic mass is 10.1. The van der Waals surface area contributed by atoms with Gasteiger partial charge in [-0.05, 0) is 18.2 Å². The van der Waals surface area contributed by atoms with E-state index in [0.29, 0.717) is 10.7 Å². The first kappa shape index (κ1) is 18.2. The minimum absolute atomic E-state index is 0.0114. The van der Waals surface area contributed by atoms with Crippen molar-refractivity contribution in [2.45, 2.75) is 0 Å². The Hall–Kier alpha value is -2.80. The molecular formula is C21H11Cl2N3O2S. The van der Waals surface area contributed by atoms with Gasteiger partial charge in [0, 0.05) is 12.6 Å². The number of halogens is 2. The van der Waals surface area contributed by atoms with Gasteiger partial charge in [-0.1, -0.05) is 64.9 Å². The molecule has 142 valence electrons. The van der Waals surface area contributed by atoms with E-state index in [1.165, 1.54) is 29.5 Å². The van der Waals surface area contributed by atoms with Crippen molar-refractivity contribution in [3.8, 4) is 11.4 Å². The number of hydrogen-bond acceptors (Lipinski definition) is 5. The van der Waals surface area contributed by atoms with E-state index in [4.69, 9.17) is 23.2 Å². The number of carbonyl (C=O) groups is 2. The highest BCUT2D eigenvalue weighted by atomic mass is 35.5. The molecule has 5 rings (SSSR count). The van der Waals surface area contributed by atoms with Crippen LogP contribution in [0.25, 0.3) is 27.9 Å². The van der Waals surface area contributed by atoms with Crippen molar-refractivity contribution in [2.24, 2.45) is 7.05 Å². The molecular weight excluding hydrogens is 429 g/mol. The first-order valence-electron chi connectivity index (χ1n) is 8.63. The second kappa shape index (κ2) is 6.62. The molecule has 0 N–H and O–H groups in total. The average molecular weight is 440 g/mol. The number of benzene rings is 2. The molecule has 0 unspecified atom stereocenters. The van der Waals surface area contributed by atoms with Gasteiger partial charge in [-0.3, -0.25) is 9.59 Å². The van der Waals surface area contributed by atoms with Crippen LogP contribution in [0.1, 0.15) is 25.7 Å². The van der Waals surface area contributed by atoms with E-state index in [1.807, 2.05) is 41.9 Å². The van der Waals surface area contributed by atoms with Crippen LogP contribution < -0.4 is 0 Å². The van der Waals surface area contributed by atoms with Crippen LogP contribution in [0.3, 0.4) is 0 Å². The molecule has 0 radical (unpaired) electrons. The summed E-state index contributed by atoms with van der Waals surface area (Å²) in [6.07, 6.45) is 1.49. The SMILES string of the molecule is Cn1c(-c2ccccc2)nc2sc(C=C3C(=O)c4c(Cl)ccc(Cl)c4C3=O)nc21. The number of rotatable bonds is 2. The third-order valence-electron chi connectivity index (χ3n) is 4.80. The summed E-state index contributed by atoms with van der Waals surface area (Å²) in [5.74, 6) is -0.0677. The molecule has 0 spiro atoms. The highest BCUT2D eigenvalue weighted by Crippen LogP contribution is 2.38. The minimum Gasteiger partial charge on any atom is -0.311 e. The molecule has 8 heteroatoms. The van der Waals surface area contributed by atoms with Gasteiger partial charge in [-0.2, -0.15) is 0 Å². The number of ketones is 2. The van der Waals surface area contributed by atoms with Crippen LogP contribution in [0.2, 0.25) is 10.0 Å². The van der Waals surface area contributed by atoms with Crippen molar-refractivity contribution in [1.82, 2.24) is 14.5 Å². The standard InChI is InChI=1S/C21H11Cl2N3O2S/c1-26-19(10-5-3-2-4-6-10)25-21-20(26)24-14(29-21)9-11-17(27)15-12(22)7-8-13(23)16(15)18(11)28/h2-9H,1H3. The summed E-state index contributed by atoms with van der Waals surface area (Å²) in [7, 11) is 1.88. The van der Waals surface area contributed by atoms with Gasteiger partial charge in [-0.15, -0.1) is 0 Å². The molecule has 1 aliphatic carbocycles. The minimum atomic E-state index is -0.435. The number of carbonyl (C=O) groups excluding carboxylic acids is 2. The van der Waals surface area contributed by atoms with Crippen molar-refractivity contribution >= 4 is 62.7 Å². The summed E-state index contributed by atoms with van der Waals surface area (Å²) in [5, 5.41) is 0.948. The van der Waals surface area contributed by atoms with Crippen LogP contribution in [0.5, 0.6) is 0 Å². The molecule has 29 heavy (non-hydrogen) atoms. The highest BCUT2D eigenvalue weighted by molar-refractivity contribution is 7.19. The van der Waals surface area contributed by atoms with Crippen LogP contribution in [-0.2, 0) is 7.05 Å². The fourth-order valence-electron chi connectivity index (χ4n) is 3.41. The van der Waals surface area contributed by atoms with Crippen molar-refractivity contribution in [1.29, 1.82) is 0 Å². The zero-order chi connectivity index (χ0) is 20.3. The second-order valence-electron chi connectivity index (χ2n) is 6.54. The first-order valence-corrected chi connectivity index (χ1v) is 10.2. The van der Waals surface area contributed by atoms with Crippen molar-refractivity contribution in [3.05, 3.63) is 74.2 Å². The number of aromatic nitrogens is 3. The van der Waals surface area contributed by atoms with E-state index in [9.17, 15) is 9.59 Å². The van der Waals surface area contributed by atoms with Gasteiger partial charge in [0.05, 0.1) is 26.7 Å². The first-order chi connectivity index (χ1) is 14.0. The van der Waals surface area contributed by atoms with Crippen LogP contribution in [0.15, 0.2) is 48.0 Å². The number of hydrogen-bond donors (Lipinski definition) is 0. The summed E-state index contributed by atoms with van der Waals surface area (Å²) in [6.45, 7) is 0. The van der Waals surface area contributed by atoms with Gasteiger partial charge in [0.1, 0.15) is 10.8 Å². The van der Waals surface area contributed by atoms with Gasteiger partial charge in [-0.25, -0.2) is 9.97 Å². The predicted molar refractivity (Wildman–Crippen MR) is 115 cm³/mol. The van der Waals surface area contributed by atoms with Gasteiger partial charge in [0.15, 0.2) is 22.0 Å². The predicted octanol–water partition coefficient (Wildman–Crippen LogP) is 5.47. The van der Waals surface area contributed by atoms with E-state index >= 15 is 0 Å². The Bertz CT molecular complexity index is 1330. The number of imidazole rings is 1. The summed E-state index contributed by atoms with van der Waals surface area (Å²) in [4.78, 5) is 35.5. The number of fused-ring (bicyclic) bond motifs is 2. The van der Waals surface area contributed by atoms with Crippen molar-refractivity contribution in [2.75, 3.05) is 0 Å². The maximum Gasteiger partial charge on any atom is 0.199 e. The van der Waals surface area contributed by atoms with E-state index in [2.05, 4.69) is 9.97 Å². The zero-order valence-corrected chi connectivity index (χ0v) is 17.3. The Morgan fingerprint density at radius 3 is 2.14 bits per heavy atom. The Morgan fingerprint density at radius 2 is 1.55 bits per heavy atom. The number of nitrogens with zero attached hydrogens (tertiary/aromatic N) is 3. The molecule has 0 amide bonds. The summed E-state index contributed by atoms with van der Waals surface area (Å²) >= 11 is 13.6. The molecule has 1 aliphatic rings. The molecule has 0 saturated heterocycles. The fraction of sp³-hybridized carbons (Fsp3) is 0.0476. The quantitative estimate of drug-likeness (QED) is 0.307. The number of aryl methyl sites for hydroxylation is 1. The third-order valence-corrected chi connectivity index (χ3v) is 6.31.